The highest BCUT2D eigenvalue weighted by Gasteiger charge is 2.35. The molecule has 2 unspecified atom stereocenters. The van der Waals surface area contributed by atoms with Crippen molar-refractivity contribution in [2.75, 3.05) is 7.11 Å². The van der Waals surface area contributed by atoms with Crippen LogP contribution in [0.3, 0.4) is 0 Å². The standard InChI is InChI=1S/C8H12O3/c1-6-4-3-5-8(10,11-2)7(6)9/h3-5,7,9-10H,1-2H3. The molecular formula is C8H12O3. The number of rotatable bonds is 1. The summed E-state index contributed by atoms with van der Waals surface area (Å²) in [5, 5.41) is 18.9. The fourth-order valence-corrected chi connectivity index (χ4v) is 1.03. The first-order chi connectivity index (χ1) is 5.10. The van der Waals surface area contributed by atoms with Gasteiger partial charge in [-0.3, -0.25) is 0 Å². The van der Waals surface area contributed by atoms with Crippen molar-refractivity contribution in [3.05, 3.63) is 23.8 Å². The predicted octanol–water partition coefficient (Wildman–Crippen LogP) is 0.198. The Labute approximate surface area is 65.6 Å². The van der Waals surface area contributed by atoms with Crippen molar-refractivity contribution in [2.24, 2.45) is 0 Å². The van der Waals surface area contributed by atoms with Crippen LogP contribution < -0.4 is 0 Å². The minimum absolute atomic E-state index is 0.692. The van der Waals surface area contributed by atoms with Crippen molar-refractivity contribution in [2.45, 2.75) is 18.8 Å². The first kappa shape index (κ1) is 8.46. The summed E-state index contributed by atoms with van der Waals surface area (Å²) in [5.74, 6) is -1.54. The molecule has 3 nitrogen and oxygen atoms in total. The molecule has 1 aliphatic rings. The lowest BCUT2D eigenvalue weighted by Crippen LogP contribution is -2.44. The second-order valence-electron chi connectivity index (χ2n) is 2.63. The third-order valence-corrected chi connectivity index (χ3v) is 1.84. The molecule has 0 radical (unpaired) electrons. The summed E-state index contributed by atoms with van der Waals surface area (Å²) >= 11 is 0. The molecule has 11 heavy (non-hydrogen) atoms. The molecule has 0 saturated carbocycles. The number of methoxy groups -OCH3 is 1. The molecule has 0 aliphatic heterocycles. The van der Waals surface area contributed by atoms with Gasteiger partial charge >= 0.3 is 0 Å². The molecule has 0 aromatic rings. The highest BCUT2D eigenvalue weighted by atomic mass is 16.6. The van der Waals surface area contributed by atoms with E-state index in [0.717, 1.165) is 0 Å². The van der Waals surface area contributed by atoms with Gasteiger partial charge in [-0.2, -0.15) is 0 Å². The van der Waals surface area contributed by atoms with Crippen molar-refractivity contribution in [1.29, 1.82) is 0 Å². The van der Waals surface area contributed by atoms with Crippen LogP contribution in [-0.4, -0.2) is 29.2 Å². The van der Waals surface area contributed by atoms with Crippen LogP contribution >= 0.6 is 0 Å². The van der Waals surface area contributed by atoms with E-state index in [4.69, 9.17) is 4.74 Å². The number of ether oxygens (including phenoxy) is 1. The van der Waals surface area contributed by atoms with Crippen LogP contribution in [0, 0.1) is 0 Å². The summed E-state index contributed by atoms with van der Waals surface area (Å²) in [6, 6.07) is 0. The molecule has 62 valence electrons. The lowest BCUT2D eigenvalue weighted by Gasteiger charge is -2.30. The van der Waals surface area contributed by atoms with Crippen LogP contribution in [0.4, 0.5) is 0 Å². The van der Waals surface area contributed by atoms with E-state index in [-0.39, 0.29) is 0 Å². The summed E-state index contributed by atoms with van der Waals surface area (Å²) < 4.78 is 4.74. The molecule has 0 fully saturated rings. The van der Waals surface area contributed by atoms with Crippen LogP contribution in [0.2, 0.25) is 0 Å². The largest absolute Gasteiger partial charge is 0.383 e. The van der Waals surface area contributed by atoms with Gasteiger partial charge in [0, 0.05) is 7.11 Å². The van der Waals surface area contributed by atoms with Crippen molar-refractivity contribution < 1.29 is 14.9 Å². The van der Waals surface area contributed by atoms with Crippen LogP contribution in [0.1, 0.15) is 6.92 Å². The Balaban J connectivity index is 2.88. The fraction of sp³-hybridized carbons (Fsp3) is 0.500. The van der Waals surface area contributed by atoms with Gasteiger partial charge in [0.2, 0.25) is 5.79 Å². The minimum atomic E-state index is -1.54. The molecule has 0 aromatic carbocycles. The zero-order chi connectivity index (χ0) is 8.48. The van der Waals surface area contributed by atoms with Gasteiger partial charge in [0.15, 0.2) is 0 Å². The molecule has 1 aliphatic carbocycles. The Kier molecular flexibility index (Phi) is 2.13. The number of hydrogen-bond acceptors (Lipinski definition) is 3. The maximum Gasteiger partial charge on any atom is 0.216 e. The van der Waals surface area contributed by atoms with Gasteiger partial charge in [0.1, 0.15) is 6.10 Å². The van der Waals surface area contributed by atoms with Crippen molar-refractivity contribution in [3.8, 4) is 0 Å². The topological polar surface area (TPSA) is 49.7 Å². The second kappa shape index (κ2) is 2.77. The minimum Gasteiger partial charge on any atom is -0.383 e. The molecule has 0 spiro atoms. The molecule has 0 aromatic heterocycles. The average Bonchev–Trinajstić information content (AvgIpc) is 2.00. The zero-order valence-electron chi connectivity index (χ0n) is 6.61. The molecule has 0 amide bonds. The number of aliphatic hydroxyl groups is 2. The van der Waals surface area contributed by atoms with E-state index >= 15 is 0 Å². The number of allylic oxidation sites excluding steroid dienone is 2. The Morgan fingerprint density at radius 1 is 1.64 bits per heavy atom. The number of aliphatic hydroxyl groups excluding tert-OH is 1. The van der Waals surface area contributed by atoms with Crippen molar-refractivity contribution in [3.63, 3.8) is 0 Å². The van der Waals surface area contributed by atoms with Gasteiger partial charge in [-0.25, -0.2) is 0 Å². The van der Waals surface area contributed by atoms with Gasteiger partial charge in [-0.15, -0.1) is 0 Å². The smallest absolute Gasteiger partial charge is 0.216 e. The van der Waals surface area contributed by atoms with Crippen LogP contribution in [-0.2, 0) is 4.74 Å². The van der Waals surface area contributed by atoms with E-state index < -0.39 is 11.9 Å². The van der Waals surface area contributed by atoms with Crippen LogP contribution in [0.15, 0.2) is 23.8 Å². The highest BCUT2D eigenvalue weighted by Crippen LogP contribution is 2.23. The van der Waals surface area contributed by atoms with Crippen LogP contribution in [0.5, 0.6) is 0 Å². The molecule has 2 N–H and O–H groups in total. The average molecular weight is 156 g/mol. The Hall–Kier alpha value is -0.640. The van der Waals surface area contributed by atoms with E-state index in [1.165, 1.54) is 13.2 Å². The van der Waals surface area contributed by atoms with E-state index in [1.54, 1.807) is 19.1 Å². The SMILES string of the molecule is COC1(O)C=CC=C(C)C1O. The highest BCUT2D eigenvalue weighted by molar-refractivity contribution is 5.26. The summed E-state index contributed by atoms with van der Waals surface area (Å²) in [4.78, 5) is 0. The van der Waals surface area contributed by atoms with Gasteiger partial charge < -0.3 is 14.9 Å². The van der Waals surface area contributed by atoms with E-state index in [1.807, 2.05) is 0 Å². The summed E-state index contributed by atoms with van der Waals surface area (Å²) in [6.45, 7) is 1.73. The maximum absolute atomic E-state index is 9.52. The second-order valence-corrected chi connectivity index (χ2v) is 2.63. The Morgan fingerprint density at radius 2 is 2.27 bits per heavy atom. The van der Waals surface area contributed by atoms with Gasteiger partial charge in [-0.1, -0.05) is 12.2 Å². The summed E-state index contributed by atoms with van der Waals surface area (Å²) in [6.07, 6.45) is 3.85. The van der Waals surface area contributed by atoms with Crippen molar-refractivity contribution in [1.82, 2.24) is 0 Å². The molecule has 2 atom stereocenters. The molecule has 0 heterocycles. The van der Waals surface area contributed by atoms with E-state index in [0.29, 0.717) is 5.57 Å². The maximum atomic E-state index is 9.52. The van der Waals surface area contributed by atoms with Gasteiger partial charge in [0.25, 0.3) is 0 Å². The summed E-state index contributed by atoms with van der Waals surface area (Å²) in [7, 11) is 1.35. The van der Waals surface area contributed by atoms with E-state index in [9.17, 15) is 10.2 Å². The fourth-order valence-electron chi connectivity index (χ4n) is 1.03. The quantitative estimate of drug-likeness (QED) is 0.533. The van der Waals surface area contributed by atoms with Crippen molar-refractivity contribution >= 4 is 0 Å². The molecule has 1 rings (SSSR count). The Morgan fingerprint density at radius 3 is 2.73 bits per heavy atom. The third-order valence-electron chi connectivity index (χ3n) is 1.84. The predicted molar refractivity (Wildman–Crippen MR) is 40.9 cm³/mol. The number of hydrogen-bond donors (Lipinski definition) is 2. The van der Waals surface area contributed by atoms with E-state index in [2.05, 4.69) is 0 Å². The Bertz CT molecular complexity index is 207. The van der Waals surface area contributed by atoms with Crippen LogP contribution in [0.25, 0.3) is 0 Å². The third kappa shape index (κ3) is 1.35. The lowest BCUT2D eigenvalue weighted by molar-refractivity contribution is -0.198. The van der Waals surface area contributed by atoms with Gasteiger partial charge in [0.05, 0.1) is 0 Å². The molecule has 0 saturated heterocycles. The first-order valence-corrected chi connectivity index (χ1v) is 3.42. The molecule has 3 heteroatoms. The summed E-state index contributed by atoms with van der Waals surface area (Å²) in [5.41, 5.74) is 0.692. The zero-order valence-corrected chi connectivity index (χ0v) is 6.61. The normalized spacial score (nSPS) is 37.1. The van der Waals surface area contributed by atoms with Gasteiger partial charge in [-0.05, 0) is 18.6 Å². The first-order valence-electron chi connectivity index (χ1n) is 3.42. The molecular weight excluding hydrogens is 144 g/mol. The monoisotopic (exact) mass is 156 g/mol. The molecule has 0 bridgehead atoms. The lowest BCUT2D eigenvalue weighted by atomic mass is 9.97.